The summed E-state index contributed by atoms with van der Waals surface area (Å²) in [7, 11) is 1.56. The van der Waals surface area contributed by atoms with Crippen molar-refractivity contribution in [3.8, 4) is 0 Å². The van der Waals surface area contributed by atoms with E-state index in [0.717, 1.165) is 36.5 Å². The number of hydrogen-bond acceptors (Lipinski definition) is 5. The lowest BCUT2D eigenvalue weighted by Crippen LogP contribution is -2.40. The average Bonchev–Trinajstić information content (AvgIpc) is 3.06. The fraction of sp³-hybridized carbons (Fsp3) is 0.500. The molecular weight excluding hydrogens is 312 g/mol. The zero-order valence-electron chi connectivity index (χ0n) is 13.4. The number of aryl methyl sites for hydroxylation is 2. The second-order valence-corrected chi connectivity index (χ2v) is 6.69. The second kappa shape index (κ2) is 6.62. The van der Waals surface area contributed by atoms with Crippen molar-refractivity contribution in [3.05, 3.63) is 44.3 Å². The Labute approximate surface area is 138 Å². The highest BCUT2D eigenvalue weighted by molar-refractivity contribution is 7.09. The van der Waals surface area contributed by atoms with E-state index in [1.165, 1.54) is 16.8 Å². The zero-order chi connectivity index (χ0) is 16.4. The second-order valence-electron chi connectivity index (χ2n) is 5.80. The molecule has 6 nitrogen and oxygen atoms in total. The van der Waals surface area contributed by atoms with Gasteiger partial charge in [-0.3, -0.25) is 9.59 Å². The summed E-state index contributed by atoms with van der Waals surface area (Å²) in [6, 6.07) is 2.89. The van der Waals surface area contributed by atoms with Crippen LogP contribution in [0.4, 0.5) is 0 Å². The lowest BCUT2D eigenvalue weighted by molar-refractivity contribution is 0.0698. The third kappa shape index (κ3) is 3.34. The SMILES string of the molecule is CCc1csc([C@H]2CCCN(C(=O)c3ccc(=O)n(C)n3)C2)n1. The first kappa shape index (κ1) is 15.9. The Morgan fingerprint density at radius 3 is 2.96 bits per heavy atom. The number of piperidine rings is 1. The summed E-state index contributed by atoms with van der Waals surface area (Å²) < 4.78 is 1.20. The Bertz CT molecular complexity index is 767. The van der Waals surface area contributed by atoms with E-state index < -0.39 is 0 Å². The van der Waals surface area contributed by atoms with E-state index in [4.69, 9.17) is 0 Å². The minimum Gasteiger partial charge on any atom is -0.337 e. The van der Waals surface area contributed by atoms with Crippen LogP contribution >= 0.6 is 11.3 Å². The van der Waals surface area contributed by atoms with Crippen molar-refractivity contribution >= 4 is 17.2 Å². The Morgan fingerprint density at radius 1 is 1.43 bits per heavy atom. The van der Waals surface area contributed by atoms with Crippen molar-refractivity contribution in [2.75, 3.05) is 13.1 Å². The molecule has 3 rings (SSSR count). The number of aromatic nitrogens is 3. The molecule has 1 aliphatic heterocycles. The fourth-order valence-corrected chi connectivity index (χ4v) is 3.85. The van der Waals surface area contributed by atoms with Crippen LogP contribution in [0.3, 0.4) is 0 Å². The normalized spacial score (nSPS) is 18.2. The molecule has 1 fully saturated rings. The van der Waals surface area contributed by atoms with Crippen LogP contribution in [0.15, 0.2) is 22.3 Å². The number of rotatable bonds is 3. The average molecular weight is 332 g/mol. The van der Waals surface area contributed by atoms with Gasteiger partial charge in [-0.05, 0) is 25.3 Å². The molecule has 2 aromatic rings. The molecule has 122 valence electrons. The molecule has 0 aliphatic carbocycles. The monoisotopic (exact) mass is 332 g/mol. The number of nitrogens with zero attached hydrogens (tertiary/aromatic N) is 4. The molecule has 0 saturated carbocycles. The predicted molar refractivity (Wildman–Crippen MR) is 88.8 cm³/mol. The van der Waals surface area contributed by atoms with Gasteiger partial charge >= 0.3 is 0 Å². The van der Waals surface area contributed by atoms with Gasteiger partial charge < -0.3 is 4.90 Å². The highest BCUT2D eigenvalue weighted by Crippen LogP contribution is 2.29. The number of hydrogen-bond donors (Lipinski definition) is 0. The van der Waals surface area contributed by atoms with Gasteiger partial charge in [-0.1, -0.05) is 6.92 Å². The quantitative estimate of drug-likeness (QED) is 0.860. The first-order valence-corrected chi connectivity index (χ1v) is 8.74. The van der Waals surface area contributed by atoms with Crippen LogP contribution in [-0.4, -0.2) is 38.7 Å². The molecule has 2 aromatic heterocycles. The number of carbonyl (C=O) groups is 1. The van der Waals surface area contributed by atoms with E-state index in [1.807, 2.05) is 4.90 Å². The summed E-state index contributed by atoms with van der Waals surface area (Å²) in [5.41, 5.74) is 1.22. The molecule has 0 unspecified atom stereocenters. The summed E-state index contributed by atoms with van der Waals surface area (Å²) in [6.45, 7) is 3.49. The first-order valence-electron chi connectivity index (χ1n) is 7.86. The first-order chi connectivity index (χ1) is 11.1. The zero-order valence-corrected chi connectivity index (χ0v) is 14.2. The topological polar surface area (TPSA) is 68.1 Å². The Balaban J connectivity index is 1.76. The van der Waals surface area contributed by atoms with Gasteiger partial charge in [0.2, 0.25) is 0 Å². The van der Waals surface area contributed by atoms with Gasteiger partial charge in [0.25, 0.3) is 11.5 Å². The molecule has 7 heteroatoms. The molecule has 0 aromatic carbocycles. The molecule has 0 bridgehead atoms. The van der Waals surface area contributed by atoms with E-state index in [-0.39, 0.29) is 11.5 Å². The maximum atomic E-state index is 12.6. The van der Waals surface area contributed by atoms with E-state index in [0.29, 0.717) is 18.2 Å². The Kier molecular flexibility index (Phi) is 4.56. The van der Waals surface area contributed by atoms with Crippen molar-refractivity contribution in [2.24, 2.45) is 7.05 Å². The highest BCUT2D eigenvalue weighted by atomic mass is 32.1. The molecule has 1 saturated heterocycles. The molecule has 0 radical (unpaired) electrons. The predicted octanol–water partition coefficient (Wildman–Crippen LogP) is 1.82. The number of carbonyl (C=O) groups excluding carboxylic acids is 1. The molecule has 0 spiro atoms. The van der Waals surface area contributed by atoms with Crippen molar-refractivity contribution < 1.29 is 4.79 Å². The van der Waals surface area contributed by atoms with E-state index >= 15 is 0 Å². The van der Waals surface area contributed by atoms with Crippen molar-refractivity contribution in [3.63, 3.8) is 0 Å². The highest BCUT2D eigenvalue weighted by Gasteiger charge is 2.28. The Morgan fingerprint density at radius 2 is 2.26 bits per heavy atom. The van der Waals surface area contributed by atoms with Gasteiger partial charge in [-0.25, -0.2) is 9.67 Å². The molecule has 1 atom stereocenters. The smallest absolute Gasteiger partial charge is 0.274 e. The molecule has 0 N–H and O–H groups in total. The van der Waals surface area contributed by atoms with Gasteiger partial charge in [0, 0.05) is 37.5 Å². The third-order valence-corrected chi connectivity index (χ3v) is 5.23. The van der Waals surface area contributed by atoms with Crippen LogP contribution < -0.4 is 5.56 Å². The van der Waals surface area contributed by atoms with Crippen molar-refractivity contribution in [1.29, 1.82) is 0 Å². The van der Waals surface area contributed by atoms with Crippen LogP contribution in [0.1, 0.15) is 46.9 Å². The lowest BCUT2D eigenvalue weighted by Gasteiger charge is -2.31. The third-order valence-electron chi connectivity index (χ3n) is 4.17. The summed E-state index contributed by atoms with van der Waals surface area (Å²) in [5.74, 6) is 0.183. The summed E-state index contributed by atoms with van der Waals surface area (Å²) in [4.78, 5) is 30.5. The number of thiazole rings is 1. The maximum absolute atomic E-state index is 12.6. The standard InChI is InChI=1S/C16H20N4O2S/c1-3-12-10-23-15(17-12)11-5-4-8-20(9-11)16(22)13-6-7-14(21)19(2)18-13/h6-7,10-11H,3-5,8-9H2,1-2H3/t11-/m0/s1. The summed E-state index contributed by atoms with van der Waals surface area (Å²) in [5, 5.41) is 7.28. The van der Waals surface area contributed by atoms with E-state index in [9.17, 15) is 9.59 Å². The molecule has 3 heterocycles. The van der Waals surface area contributed by atoms with Gasteiger partial charge in [0.1, 0.15) is 5.69 Å². The maximum Gasteiger partial charge on any atom is 0.274 e. The summed E-state index contributed by atoms with van der Waals surface area (Å²) in [6.07, 6.45) is 2.96. The van der Waals surface area contributed by atoms with Crippen LogP contribution in [0.2, 0.25) is 0 Å². The lowest BCUT2D eigenvalue weighted by atomic mass is 9.98. The molecule has 1 amide bonds. The van der Waals surface area contributed by atoms with E-state index in [1.54, 1.807) is 18.4 Å². The number of likely N-dealkylation sites (tertiary alicyclic amines) is 1. The Hall–Kier alpha value is -2.02. The number of amides is 1. The molecular formula is C16H20N4O2S. The van der Waals surface area contributed by atoms with Crippen LogP contribution in [0.25, 0.3) is 0 Å². The van der Waals surface area contributed by atoms with Gasteiger partial charge in [0.15, 0.2) is 0 Å². The van der Waals surface area contributed by atoms with E-state index in [2.05, 4.69) is 22.4 Å². The van der Waals surface area contributed by atoms with Gasteiger partial charge in [-0.15, -0.1) is 11.3 Å². The minimum absolute atomic E-state index is 0.113. The minimum atomic E-state index is -0.215. The van der Waals surface area contributed by atoms with Crippen molar-refractivity contribution in [1.82, 2.24) is 19.7 Å². The van der Waals surface area contributed by atoms with Crippen LogP contribution in [0.5, 0.6) is 0 Å². The van der Waals surface area contributed by atoms with Crippen LogP contribution in [-0.2, 0) is 13.5 Å². The fourth-order valence-electron chi connectivity index (χ4n) is 2.81. The molecule has 23 heavy (non-hydrogen) atoms. The van der Waals surface area contributed by atoms with Gasteiger partial charge in [-0.2, -0.15) is 5.10 Å². The van der Waals surface area contributed by atoms with Crippen LogP contribution in [0, 0.1) is 0 Å². The summed E-state index contributed by atoms with van der Waals surface area (Å²) >= 11 is 1.68. The largest absolute Gasteiger partial charge is 0.337 e. The van der Waals surface area contributed by atoms with Gasteiger partial charge in [0.05, 0.1) is 10.7 Å². The van der Waals surface area contributed by atoms with Crippen molar-refractivity contribution in [2.45, 2.75) is 32.1 Å². The molecule has 1 aliphatic rings.